The van der Waals surface area contributed by atoms with E-state index in [4.69, 9.17) is 0 Å². The highest BCUT2D eigenvalue weighted by Gasteiger charge is 2.59. The molecule has 2 aromatic rings. The largest absolute Gasteiger partial charge is 0.332 e. The van der Waals surface area contributed by atoms with Crippen molar-refractivity contribution >= 4 is 17.6 Å². The van der Waals surface area contributed by atoms with Gasteiger partial charge in [0.05, 0.1) is 12.2 Å². The van der Waals surface area contributed by atoms with E-state index in [1.54, 1.807) is 0 Å². The molecule has 4 aliphatic carbocycles. The molecule has 4 fully saturated rings. The van der Waals surface area contributed by atoms with Gasteiger partial charge < -0.3 is 10.2 Å². The van der Waals surface area contributed by atoms with Crippen LogP contribution in [-0.2, 0) is 17.8 Å². The molecule has 5 aliphatic rings. The van der Waals surface area contributed by atoms with Crippen molar-refractivity contribution in [3.8, 4) is 0 Å². The summed E-state index contributed by atoms with van der Waals surface area (Å²) in [5, 5.41) is 3.12. The van der Waals surface area contributed by atoms with E-state index < -0.39 is 28.5 Å². The topological polar surface area (TPSA) is 75.2 Å². The number of aromatic nitrogens is 2. The quantitative estimate of drug-likeness (QED) is 0.639. The second-order valence-corrected chi connectivity index (χ2v) is 12.0. The summed E-state index contributed by atoms with van der Waals surface area (Å²) >= 11 is 0. The molecule has 7 rings (SSSR count). The molecule has 8 heteroatoms. The zero-order valence-corrected chi connectivity index (χ0v) is 20.8. The SMILES string of the molecule is CC(C)(C(=O)Nc1ncnc2c1CCN(C(=O)c1c(F)cccc1F)C2)C12CC3CC(CC(C3)C1)C2. The van der Waals surface area contributed by atoms with Crippen molar-refractivity contribution in [1.82, 2.24) is 14.9 Å². The highest BCUT2D eigenvalue weighted by molar-refractivity contribution is 5.96. The standard InChI is InChI=1S/C28H32F2N4O2/c1-27(2,28-11-16-8-17(12-28)10-18(9-16)13-28)26(36)33-24-19-6-7-34(14-22(19)31-15-32-24)25(35)23-20(29)4-3-5-21(23)30/h3-5,15-18H,6-14H2,1-2H3,(H,31,32,33,36). The van der Waals surface area contributed by atoms with Gasteiger partial charge in [-0.15, -0.1) is 0 Å². The molecule has 190 valence electrons. The number of nitrogens with one attached hydrogen (secondary N) is 1. The summed E-state index contributed by atoms with van der Waals surface area (Å²) in [5.74, 6) is 0.239. The van der Waals surface area contributed by atoms with Crippen molar-refractivity contribution in [3.05, 3.63) is 53.0 Å². The van der Waals surface area contributed by atoms with Crippen LogP contribution in [-0.4, -0.2) is 33.2 Å². The van der Waals surface area contributed by atoms with E-state index >= 15 is 0 Å². The molecule has 6 nitrogen and oxygen atoms in total. The van der Waals surface area contributed by atoms with Gasteiger partial charge >= 0.3 is 0 Å². The molecule has 1 aromatic heterocycles. The summed E-state index contributed by atoms with van der Waals surface area (Å²) in [6.45, 7) is 4.54. The predicted molar refractivity (Wildman–Crippen MR) is 130 cm³/mol. The summed E-state index contributed by atoms with van der Waals surface area (Å²) in [7, 11) is 0. The lowest BCUT2D eigenvalue weighted by molar-refractivity contribution is -0.151. The number of carbonyl (C=O) groups excluding carboxylic acids is 2. The molecule has 1 aromatic carbocycles. The van der Waals surface area contributed by atoms with Crippen LogP contribution in [0.5, 0.6) is 0 Å². The van der Waals surface area contributed by atoms with Crippen molar-refractivity contribution in [2.24, 2.45) is 28.6 Å². The summed E-state index contributed by atoms with van der Waals surface area (Å²) in [5.41, 5.74) is 0.321. The van der Waals surface area contributed by atoms with Gasteiger partial charge in [-0.2, -0.15) is 0 Å². The van der Waals surface area contributed by atoms with Crippen LogP contribution < -0.4 is 5.32 Å². The predicted octanol–water partition coefficient (Wildman–Crippen LogP) is 5.13. The van der Waals surface area contributed by atoms with E-state index in [0.29, 0.717) is 17.9 Å². The third-order valence-electron chi connectivity index (χ3n) is 9.63. The summed E-state index contributed by atoms with van der Waals surface area (Å²) in [4.78, 5) is 36.7. The van der Waals surface area contributed by atoms with Crippen LogP contribution in [0.25, 0.3) is 0 Å². The zero-order chi connectivity index (χ0) is 25.2. The number of halogens is 2. The molecule has 0 atom stereocenters. The first-order chi connectivity index (χ1) is 17.2. The minimum absolute atomic E-state index is 0.0164. The first-order valence-corrected chi connectivity index (χ1v) is 13.0. The van der Waals surface area contributed by atoms with Crippen LogP contribution in [0, 0.1) is 40.2 Å². The first kappa shape index (κ1) is 23.5. The van der Waals surface area contributed by atoms with Crippen molar-refractivity contribution in [1.29, 1.82) is 0 Å². The Kier molecular flexibility index (Phi) is 5.43. The molecule has 1 aliphatic heterocycles. The molecule has 36 heavy (non-hydrogen) atoms. The third kappa shape index (κ3) is 3.63. The Morgan fingerprint density at radius 3 is 2.25 bits per heavy atom. The number of carbonyl (C=O) groups is 2. The van der Waals surface area contributed by atoms with E-state index in [1.807, 2.05) is 0 Å². The molecule has 0 radical (unpaired) electrons. The van der Waals surface area contributed by atoms with E-state index in [0.717, 1.165) is 54.7 Å². The van der Waals surface area contributed by atoms with Crippen molar-refractivity contribution < 1.29 is 18.4 Å². The second kappa shape index (κ2) is 8.32. The molecule has 0 unspecified atom stereocenters. The lowest BCUT2D eigenvalue weighted by atomic mass is 9.43. The van der Waals surface area contributed by atoms with Crippen LogP contribution in [0.3, 0.4) is 0 Å². The molecular weight excluding hydrogens is 462 g/mol. The molecule has 2 amide bonds. The van der Waals surface area contributed by atoms with Crippen LogP contribution in [0.15, 0.2) is 24.5 Å². The second-order valence-electron chi connectivity index (χ2n) is 12.0. The highest BCUT2D eigenvalue weighted by Crippen LogP contribution is 2.66. The number of nitrogens with zero attached hydrogens (tertiary/aromatic N) is 3. The Morgan fingerprint density at radius 1 is 1.03 bits per heavy atom. The van der Waals surface area contributed by atoms with Gasteiger partial charge in [-0.1, -0.05) is 19.9 Å². The van der Waals surface area contributed by atoms with Gasteiger partial charge in [0.15, 0.2) is 0 Å². The number of hydrogen-bond acceptors (Lipinski definition) is 4. The van der Waals surface area contributed by atoms with E-state index in [2.05, 4.69) is 29.1 Å². The molecule has 0 saturated heterocycles. The zero-order valence-electron chi connectivity index (χ0n) is 20.8. The Hall–Kier alpha value is -2.90. The van der Waals surface area contributed by atoms with E-state index in [-0.39, 0.29) is 24.4 Å². The smallest absolute Gasteiger partial charge is 0.260 e. The Labute approximate surface area is 209 Å². The van der Waals surface area contributed by atoms with Crippen LogP contribution >= 0.6 is 0 Å². The normalized spacial score (nSPS) is 28.7. The van der Waals surface area contributed by atoms with E-state index in [1.165, 1.54) is 36.6 Å². The Bertz CT molecular complexity index is 1190. The number of benzene rings is 1. The molecular formula is C28H32F2N4O2. The van der Waals surface area contributed by atoms with Gasteiger partial charge in [0.1, 0.15) is 29.3 Å². The maximum absolute atomic E-state index is 14.2. The average molecular weight is 495 g/mol. The molecule has 4 saturated carbocycles. The monoisotopic (exact) mass is 494 g/mol. The highest BCUT2D eigenvalue weighted by atomic mass is 19.1. The third-order valence-corrected chi connectivity index (χ3v) is 9.63. The van der Waals surface area contributed by atoms with Gasteiger partial charge in [-0.05, 0) is 80.2 Å². The van der Waals surface area contributed by atoms with Gasteiger partial charge in [-0.3, -0.25) is 9.59 Å². The minimum atomic E-state index is -0.881. The number of hydrogen-bond donors (Lipinski definition) is 1. The number of rotatable bonds is 4. The van der Waals surface area contributed by atoms with Gasteiger partial charge in [0.25, 0.3) is 5.91 Å². The fourth-order valence-electron chi connectivity index (χ4n) is 7.88. The molecule has 4 bridgehead atoms. The fraction of sp³-hybridized carbons (Fsp3) is 0.571. The molecule has 0 spiro atoms. The van der Waals surface area contributed by atoms with Crippen molar-refractivity contribution in [2.75, 3.05) is 11.9 Å². The number of fused-ring (bicyclic) bond motifs is 1. The maximum Gasteiger partial charge on any atom is 0.260 e. The summed E-state index contributed by atoms with van der Waals surface area (Å²) < 4.78 is 28.4. The van der Waals surface area contributed by atoms with E-state index in [9.17, 15) is 18.4 Å². The lowest BCUT2D eigenvalue weighted by Gasteiger charge is -2.61. The fourth-order valence-corrected chi connectivity index (χ4v) is 7.88. The van der Waals surface area contributed by atoms with Gasteiger partial charge in [-0.25, -0.2) is 18.7 Å². The first-order valence-electron chi connectivity index (χ1n) is 13.0. The minimum Gasteiger partial charge on any atom is -0.332 e. The number of anilines is 1. The van der Waals surface area contributed by atoms with Crippen LogP contribution in [0.1, 0.15) is 74.0 Å². The Morgan fingerprint density at radius 2 is 1.64 bits per heavy atom. The van der Waals surface area contributed by atoms with Gasteiger partial charge in [0, 0.05) is 17.5 Å². The average Bonchev–Trinajstić information content (AvgIpc) is 2.82. The van der Waals surface area contributed by atoms with Crippen LogP contribution in [0.4, 0.5) is 14.6 Å². The maximum atomic E-state index is 14.2. The van der Waals surface area contributed by atoms with Crippen LogP contribution in [0.2, 0.25) is 0 Å². The molecule has 1 N–H and O–H groups in total. The van der Waals surface area contributed by atoms with Crippen molar-refractivity contribution in [3.63, 3.8) is 0 Å². The summed E-state index contributed by atoms with van der Waals surface area (Å²) in [6, 6.07) is 3.39. The number of amides is 2. The van der Waals surface area contributed by atoms with Gasteiger partial charge in [0.2, 0.25) is 5.91 Å². The summed E-state index contributed by atoms with van der Waals surface area (Å²) in [6.07, 6.45) is 9.13. The Balaban J connectivity index is 1.21. The molecule has 2 heterocycles. The lowest BCUT2D eigenvalue weighted by Crippen LogP contribution is -2.56. The van der Waals surface area contributed by atoms with Crippen molar-refractivity contribution in [2.45, 2.75) is 65.3 Å².